The molecule has 0 heterocycles. The fourth-order valence-corrected chi connectivity index (χ4v) is 4.64. The molecule has 182 valence electrons. The van der Waals surface area contributed by atoms with Crippen LogP contribution in [0.1, 0.15) is 12.8 Å². The first-order valence-electron chi connectivity index (χ1n) is 10.3. The Labute approximate surface area is 191 Å². The van der Waals surface area contributed by atoms with Crippen molar-refractivity contribution in [1.82, 2.24) is 0 Å². The van der Waals surface area contributed by atoms with Crippen molar-refractivity contribution in [3.8, 4) is 0 Å². The number of ether oxygens (including phenoxy) is 5. The molecule has 0 unspecified atom stereocenters. The molecule has 0 saturated carbocycles. The third-order valence-corrected chi connectivity index (χ3v) is 8.17. The summed E-state index contributed by atoms with van der Waals surface area (Å²) in [5.41, 5.74) is 0. The normalized spacial score (nSPS) is 11.3. The predicted octanol–water partition coefficient (Wildman–Crippen LogP) is 2.19. The summed E-state index contributed by atoms with van der Waals surface area (Å²) in [6.45, 7) is 8.08. The van der Waals surface area contributed by atoms with Crippen LogP contribution in [0.3, 0.4) is 0 Å². The molecule has 0 aromatic carbocycles. The van der Waals surface area contributed by atoms with E-state index in [0.717, 1.165) is 30.0 Å². The molecule has 0 atom stereocenters. The van der Waals surface area contributed by atoms with Gasteiger partial charge in [0.05, 0.1) is 46.1 Å². The number of esters is 2. The standard InChI is InChI=1S/C20H38O9SSi/c1-5-19(21)28-14-12-26-10-8-25-9-11-27-13-15-29-20(22)7-17-30-16-6-18-31(4,23-2)24-3/h5H,1,6-18H2,2-4H3. The van der Waals surface area contributed by atoms with Gasteiger partial charge in [-0.25, -0.2) is 4.79 Å². The average Bonchev–Trinajstić information content (AvgIpc) is 2.78. The molecule has 0 aromatic heterocycles. The Kier molecular flexibility index (Phi) is 20.3. The number of hydrogen-bond donors (Lipinski definition) is 0. The number of hydrogen-bond acceptors (Lipinski definition) is 10. The molecule has 0 amide bonds. The van der Waals surface area contributed by atoms with Crippen molar-refractivity contribution in [3.05, 3.63) is 12.7 Å². The van der Waals surface area contributed by atoms with Gasteiger partial charge in [0.25, 0.3) is 0 Å². The Bertz CT molecular complexity index is 476. The van der Waals surface area contributed by atoms with Gasteiger partial charge in [-0.2, -0.15) is 11.8 Å². The SMILES string of the molecule is C=CC(=O)OCCOCCOCCOCCOC(=O)CCSCCC[Si](C)(OC)OC. The van der Waals surface area contributed by atoms with E-state index in [-0.39, 0.29) is 19.2 Å². The molecule has 0 aliphatic heterocycles. The van der Waals surface area contributed by atoms with E-state index in [9.17, 15) is 9.59 Å². The monoisotopic (exact) mass is 482 g/mol. The van der Waals surface area contributed by atoms with Crippen molar-refractivity contribution < 1.29 is 42.1 Å². The van der Waals surface area contributed by atoms with Gasteiger partial charge in [-0.15, -0.1) is 0 Å². The molecule has 9 nitrogen and oxygen atoms in total. The summed E-state index contributed by atoms with van der Waals surface area (Å²) in [4.78, 5) is 22.5. The van der Waals surface area contributed by atoms with E-state index in [2.05, 4.69) is 6.58 Å². The minimum Gasteiger partial charge on any atom is -0.463 e. The Hall–Kier alpha value is -0.953. The van der Waals surface area contributed by atoms with E-state index in [1.54, 1.807) is 26.0 Å². The van der Waals surface area contributed by atoms with Gasteiger partial charge in [-0.05, 0) is 24.8 Å². The Balaban J connectivity index is 3.31. The van der Waals surface area contributed by atoms with Crippen LogP contribution in [-0.2, 0) is 42.1 Å². The van der Waals surface area contributed by atoms with E-state index in [1.807, 2.05) is 6.55 Å². The van der Waals surface area contributed by atoms with Gasteiger partial charge < -0.3 is 32.5 Å². The van der Waals surface area contributed by atoms with Gasteiger partial charge in [0.2, 0.25) is 0 Å². The smallest absolute Gasteiger partial charge is 0.334 e. The first-order valence-corrected chi connectivity index (χ1v) is 14.0. The summed E-state index contributed by atoms with van der Waals surface area (Å²) >= 11 is 1.73. The van der Waals surface area contributed by atoms with Gasteiger partial charge in [0.1, 0.15) is 13.2 Å². The lowest BCUT2D eigenvalue weighted by Gasteiger charge is -2.22. The fraction of sp³-hybridized carbons (Fsp3) is 0.800. The topological polar surface area (TPSA) is 98.8 Å². The van der Waals surface area contributed by atoms with Crippen molar-refractivity contribution in [2.75, 3.05) is 78.6 Å². The number of carbonyl (C=O) groups is 2. The van der Waals surface area contributed by atoms with Gasteiger partial charge in [0.15, 0.2) is 0 Å². The molecular weight excluding hydrogens is 444 g/mol. The van der Waals surface area contributed by atoms with Crippen molar-refractivity contribution >= 4 is 32.3 Å². The second-order valence-corrected chi connectivity index (χ2v) is 11.2. The van der Waals surface area contributed by atoms with Gasteiger partial charge in [0, 0.05) is 26.0 Å². The minimum atomic E-state index is -1.98. The molecule has 0 spiro atoms. The van der Waals surface area contributed by atoms with Gasteiger partial charge >= 0.3 is 20.5 Å². The fourth-order valence-electron chi connectivity index (χ4n) is 2.13. The zero-order chi connectivity index (χ0) is 23.2. The highest BCUT2D eigenvalue weighted by molar-refractivity contribution is 7.99. The maximum absolute atomic E-state index is 11.7. The first-order chi connectivity index (χ1) is 15.0. The van der Waals surface area contributed by atoms with Crippen LogP contribution in [0.15, 0.2) is 12.7 Å². The number of rotatable bonds is 22. The zero-order valence-corrected chi connectivity index (χ0v) is 20.9. The van der Waals surface area contributed by atoms with E-state index >= 15 is 0 Å². The molecule has 0 aromatic rings. The second-order valence-electron chi connectivity index (χ2n) is 6.44. The molecule has 0 aliphatic rings. The van der Waals surface area contributed by atoms with E-state index < -0.39 is 14.5 Å². The molecule has 0 radical (unpaired) electrons. The largest absolute Gasteiger partial charge is 0.463 e. The summed E-state index contributed by atoms with van der Waals surface area (Å²) in [5.74, 6) is 1.03. The summed E-state index contributed by atoms with van der Waals surface area (Å²) in [5, 5.41) is 0. The molecule has 0 saturated heterocycles. The summed E-state index contributed by atoms with van der Waals surface area (Å²) in [7, 11) is 1.41. The highest BCUT2D eigenvalue weighted by Crippen LogP contribution is 2.16. The minimum absolute atomic E-state index is 0.190. The molecule has 0 fully saturated rings. The zero-order valence-electron chi connectivity index (χ0n) is 19.1. The maximum Gasteiger partial charge on any atom is 0.334 e. The van der Waals surface area contributed by atoms with Crippen LogP contribution < -0.4 is 0 Å². The maximum atomic E-state index is 11.7. The van der Waals surface area contributed by atoms with Gasteiger partial charge in [-0.3, -0.25) is 4.79 Å². The van der Waals surface area contributed by atoms with E-state index in [1.165, 1.54) is 0 Å². The van der Waals surface area contributed by atoms with Crippen LogP contribution in [0.5, 0.6) is 0 Å². The quantitative estimate of drug-likeness (QED) is 0.0988. The van der Waals surface area contributed by atoms with Crippen LogP contribution in [0, 0.1) is 0 Å². The Morgan fingerprint density at radius 2 is 1.35 bits per heavy atom. The number of carbonyl (C=O) groups excluding carboxylic acids is 2. The lowest BCUT2D eigenvalue weighted by atomic mass is 10.5. The second kappa shape index (κ2) is 20.9. The van der Waals surface area contributed by atoms with Crippen LogP contribution in [0.25, 0.3) is 0 Å². The van der Waals surface area contributed by atoms with Crippen molar-refractivity contribution in [3.63, 3.8) is 0 Å². The highest BCUT2D eigenvalue weighted by atomic mass is 32.2. The number of thioether (sulfide) groups is 1. The summed E-state index contributed by atoms with van der Waals surface area (Å²) in [6, 6.07) is 0.943. The molecule has 0 aliphatic carbocycles. The molecule has 0 bridgehead atoms. The molecule has 11 heteroatoms. The molecular formula is C20H38O9SSi. The molecule has 0 N–H and O–H groups in total. The third-order valence-electron chi connectivity index (χ3n) is 4.11. The Morgan fingerprint density at radius 3 is 1.87 bits per heavy atom. The van der Waals surface area contributed by atoms with E-state index in [4.69, 9.17) is 32.5 Å². The van der Waals surface area contributed by atoms with Crippen LogP contribution in [-0.4, -0.2) is 99.1 Å². The summed E-state index contributed by atoms with van der Waals surface area (Å²) in [6.07, 6.45) is 2.51. The van der Waals surface area contributed by atoms with Crippen molar-refractivity contribution in [1.29, 1.82) is 0 Å². The lowest BCUT2D eigenvalue weighted by Crippen LogP contribution is -2.35. The predicted molar refractivity (Wildman–Crippen MR) is 122 cm³/mol. The van der Waals surface area contributed by atoms with Crippen molar-refractivity contribution in [2.24, 2.45) is 0 Å². The lowest BCUT2D eigenvalue weighted by molar-refractivity contribution is -0.144. The van der Waals surface area contributed by atoms with Crippen molar-refractivity contribution in [2.45, 2.75) is 25.4 Å². The summed E-state index contributed by atoms with van der Waals surface area (Å²) < 4.78 is 36.7. The van der Waals surface area contributed by atoms with Crippen LogP contribution >= 0.6 is 11.8 Å². The van der Waals surface area contributed by atoms with E-state index in [0.29, 0.717) is 46.1 Å². The molecule has 31 heavy (non-hydrogen) atoms. The van der Waals surface area contributed by atoms with Crippen LogP contribution in [0.2, 0.25) is 12.6 Å². The third kappa shape index (κ3) is 19.5. The Morgan fingerprint density at radius 1 is 0.839 bits per heavy atom. The van der Waals surface area contributed by atoms with Crippen LogP contribution in [0.4, 0.5) is 0 Å². The highest BCUT2D eigenvalue weighted by Gasteiger charge is 2.27. The van der Waals surface area contributed by atoms with Gasteiger partial charge in [-0.1, -0.05) is 6.58 Å². The molecule has 0 rings (SSSR count). The first kappa shape index (κ1) is 30.0. The average molecular weight is 483 g/mol.